The van der Waals surface area contributed by atoms with Gasteiger partial charge in [0.15, 0.2) is 0 Å². The van der Waals surface area contributed by atoms with E-state index < -0.39 is 0 Å². The number of furan rings is 1. The van der Waals surface area contributed by atoms with Gasteiger partial charge in [0.05, 0.1) is 17.9 Å². The van der Waals surface area contributed by atoms with Gasteiger partial charge in [0.1, 0.15) is 5.76 Å². The minimum Gasteiger partial charge on any atom is -0.469 e. The smallest absolute Gasteiger partial charge is 0.257 e. The summed E-state index contributed by atoms with van der Waals surface area (Å²) in [6.07, 6.45) is 3.31. The average Bonchev–Trinajstić information content (AvgIpc) is 3.23. The van der Waals surface area contributed by atoms with Gasteiger partial charge in [-0.15, -0.1) is 0 Å². The van der Waals surface area contributed by atoms with Crippen molar-refractivity contribution in [2.75, 3.05) is 13.1 Å². The molecule has 0 fully saturated rings. The molecule has 1 atom stereocenters. The van der Waals surface area contributed by atoms with Crippen LogP contribution in [0.5, 0.6) is 0 Å². The molecule has 3 aromatic rings. The number of nitrogens with zero attached hydrogens (tertiary/aromatic N) is 1. The van der Waals surface area contributed by atoms with E-state index in [0.717, 1.165) is 17.5 Å². The number of nitrogens with one attached hydrogen (secondary N) is 1. The molecule has 0 spiro atoms. The second-order valence-corrected chi connectivity index (χ2v) is 7.65. The molecule has 1 heterocycles. The minimum absolute atomic E-state index is 0.0670. The van der Waals surface area contributed by atoms with Crippen molar-refractivity contribution in [1.29, 1.82) is 0 Å². The van der Waals surface area contributed by atoms with Gasteiger partial charge in [0, 0.05) is 19.5 Å². The Morgan fingerprint density at radius 3 is 2.26 bits per heavy atom. The van der Waals surface area contributed by atoms with Crippen molar-refractivity contribution in [2.45, 2.75) is 39.2 Å². The van der Waals surface area contributed by atoms with Gasteiger partial charge in [0.2, 0.25) is 5.91 Å². The molecule has 0 aliphatic heterocycles. The van der Waals surface area contributed by atoms with E-state index in [9.17, 15) is 9.59 Å². The van der Waals surface area contributed by atoms with Gasteiger partial charge in [-0.25, -0.2) is 0 Å². The summed E-state index contributed by atoms with van der Waals surface area (Å²) < 4.78 is 5.27. The fourth-order valence-corrected chi connectivity index (χ4v) is 3.65. The lowest BCUT2D eigenvalue weighted by molar-refractivity contribution is -0.122. The van der Waals surface area contributed by atoms with E-state index in [4.69, 9.17) is 4.42 Å². The Morgan fingerprint density at radius 1 is 0.968 bits per heavy atom. The van der Waals surface area contributed by atoms with Crippen molar-refractivity contribution in [3.05, 3.63) is 95.4 Å². The third-order valence-corrected chi connectivity index (χ3v) is 5.30. The zero-order valence-corrected chi connectivity index (χ0v) is 18.2. The first-order valence-corrected chi connectivity index (χ1v) is 10.8. The van der Waals surface area contributed by atoms with E-state index in [1.165, 1.54) is 6.26 Å². The fourth-order valence-electron chi connectivity index (χ4n) is 3.65. The maximum absolute atomic E-state index is 12.8. The Kier molecular flexibility index (Phi) is 8.05. The molecule has 162 valence electrons. The van der Waals surface area contributed by atoms with E-state index in [-0.39, 0.29) is 24.3 Å². The van der Waals surface area contributed by atoms with Crippen LogP contribution in [0.4, 0.5) is 0 Å². The van der Waals surface area contributed by atoms with Crippen molar-refractivity contribution >= 4 is 11.8 Å². The van der Waals surface area contributed by atoms with Gasteiger partial charge in [-0.05, 0) is 37.0 Å². The molecule has 5 nitrogen and oxygen atoms in total. The normalized spacial score (nSPS) is 11.7. The Morgan fingerprint density at radius 2 is 1.65 bits per heavy atom. The average molecular weight is 419 g/mol. The van der Waals surface area contributed by atoms with Crippen LogP contribution in [0.3, 0.4) is 0 Å². The Balaban J connectivity index is 1.65. The molecule has 5 heteroatoms. The maximum Gasteiger partial charge on any atom is 0.257 e. The van der Waals surface area contributed by atoms with Crippen LogP contribution in [-0.4, -0.2) is 29.8 Å². The fraction of sp³-hybridized carbons (Fsp3) is 0.308. The number of carbonyl (C=O) groups excluding carboxylic acids is 2. The number of rotatable bonds is 10. The maximum atomic E-state index is 12.8. The molecule has 1 N–H and O–H groups in total. The number of amides is 2. The lowest BCUT2D eigenvalue weighted by Gasteiger charge is -2.23. The van der Waals surface area contributed by atoms with Gasteiger partial charge in [-0.1, -0.05) is 67.6 Å². The first kappa shape index (κ1) is 22.3. The molecule has 2 aromatic carbocycles. The van der Waals surface area contributed by atoms with Crippen LogP contribution in [0.15, 0.2) is 77.4 Å². The highest BCUT2D eigenvalue weighted by Gasteiger charge is 2.21. The molecule has 0 bridgehead atoms. The second kappa shape index (κ2) is 11.2. The summed E-state index contributed by atoms with van der Waals surface area (Å²) in [6.45, 7) is 4.77. The van der Waals surface area contributed by atoms with Gasteiger partial charge < -0.3 is 14.6 Å². The van der Waals surface area contributed by atoms with Gasteiger partial charge in [0.25, 0.3) is 5.91 Å². The summed E-state index contributed by atoms with van der Waals surface area (Å²) in [5.74, 6) is 0.440. The molecule has 0 aliphatic carbocycles. The molecule has 2 amide bonds. The lowest BCUT2D eigenvalue weighted by atomic mass is 9.98. The van der Waals surface area contributed by atoms with E-state index in [1.807, 2.05) is 55.5 Å². The predicted octanol–water partition coefficient (Wildman–Crippen LogP) is 4.93. The standard InChI is InChI=1S/C26H30N2O3/c1-3-16-28(26(30)23-15-18-31-20(23)2)17-14-25(29)27-24(22-12-8-5-9-13-22)19-21-10-6-4-7-11-21/h4-13,15,18,24H,3,14,16-17,19H2,1-2H3,(H,27,29). The zero-order valence-electron chi connectivity index (χ0n) is 18.2. The minimum atomic E-state index is -0.123. The third-order valence-electron chi connectivity index (χ3n) is 5.30. The quantitative estimate of drug-likeness (QED) is 0.508. The van der Waals surface area contributed by atoms with Crippen LogP contribution in [-0.2, 0) is 11.2 Å². The molecule has 0 saturated heterocycles. The molecule has 31 heavy (non-hydrogen) atoms. The number of hydrogen-bond donors (Lipinski definition) is 1. The van der Waals surface area contributed by atoms with E-state index >= 15 is 0 Å². The van der Waals surface area contributed by atoms with Gasteiger partial charge in [-0.2, -0.15) is 0 Å². The van der Waals surface area contributed by atoms with Crippen LogP contribution in [0, 0.1) is 6.92 Å². The van der Waals surface area contributed by atoms with Crippen molar-refractivity contribution in [3.63, 3.8) is 0 Å². The number of benzene rings is 2. The Labute approximate surface area is 184 Å². The molecular weight excluding hydrogens is 388 g/mol. The zero-order chi connectivity index (χ0) is 22.1. The van der Waals surface area contributed by atoms with Crippen molar-refractivity contribution in [3.8, 4) is 0 Å². The summed E-state index contributed by atoms with van der Waals surface area (Å²) in [5.41, 5.74) is 2.78. The number of carbonyl (C=O) groups is 2. The summed E-state index contributed by atoms with van der Waals surface area (Å²) >= 11 is 0. The molecule has 0 aliphatic rings. The summed E-state index contributed by atoms with van der Waals surface area (Å²) in [7, 11) is 0. The first-order chi connectivity index (χ1) is 15.1. The van der Waals surface area contributed by atoms with Crippen molar-refractivity contribution in [2.24, 2.45) is 0 Å². The summed E-state index contributed by atoms with van der Waals surface area (Å²) in [6, 6.07) is 21.7. The van der Waals surface area contributed by atoms with Crippen LogP contribution < -0.4 is 5.32 Å². The third kappa shape index (κ3) is 6.32. The Hall–Kier alpha value is -3.34. The first-order valence-electron chi connectivity index (χ1n) is 10.8. The lowest BCUT2D eigenvalue weighted by Crippen LogP contribution is -2.37. The summed E-state index contributed by atoms with van der Waals surface area (Å²) in [4.78, 5) is 27.4. The SMILES string of the molecule is CCCN(CCC(=O)NC(Cc1ccccc1)c1ccccc1)C(=O)c1ccoc1C. The van der Waals surface area contributed by atoms with E-state index in [0.29, 0.717) is 30.8 Å². The molecular formula is C26H30N2O3. The molecule has 1 aromatic heterocycles. The highest BCUT2D eigenvalue weighted by atomic mass is 16.3. The van der Waals surface area contributed by atoms with Crippen LogP contribution in [0.2, 0.25) is 0 Å². The number of aryl methyl sites for hydroxylation is 1. The van der Waals surface area contributed by atoms with Gasteiger partial charge in [-0.3, -0.25) is 9.59 Å². The van der Waals surface area contributed by atoms with Crippen LogP contribution in [0.25, 0.3) is 0 Å². The monoisotopic (exact) mass is 418 g/mol. The van der Waals surface area contributed by atoms with Crippen LogP contribution >= 0.6 is 0 Å². The summed E-state index contributed by atoms with van der Waals surface area (Å²) in [5, 5.41) is 3.17. The van der Waals surface area contributed by atoms with E-state index in [2.05, 4.69) is 17.4 Å². The second-order valence-electron chi connectivity index (χ2n) is 7.65. The van der Waals surface area contributed by atoms with Crippen molar-refractivity contribution in [1.82, 2.24) is 10.2 Å². The van der Waals surface area contributed by atoms with E-state index in [1.54, 1.807) is 17.9 Å². The van der Waals surface area contributed by atoms with Crippen LogP contribution in [0.1, 0.15) is 53.1 Å². The topological polar surface area (TPSA) is 62.6 Å². The highest BCUT2D eigenvalue weighted by molar-refractivity contribution is 5.95. The molecule has 0 saturated carbocycles. The van der Waals surface area contributed by atoms with Gasteiger partial charge >= 0.3 is 0 Å². The largest absolute Gasteiger partial charge is 0.469 e. The molecule has 1 unspecified atom stereocenters. The van der Waals surface area contributed by atoms with Crippen molar-refractivity contribution < 1.29 is 14.0 Å². The number of hydrogen-bond acceptors (Lipinski definition) is 3. The molecule has 3 rings (SSSR count). The highest BCUT2D eigenvalue weighted by Crippen LogP contribution is 2.19. The molecule has 0 radical (unpaired) electrons. The Bertz CT molecular complexity index is 967. The predicted molar refractivity (Wildman–Crippen MR) is 122 cm³/mol.